The molecular weight excluding hydrogens is 869 g/mol. The number of phenolic OH excluding ortho intramolecular Hbond substituents is 1. The van der Waals surface area contributed by atoms with E-state index in [2.05, 4.69) is 0 Å². The van der Waals surface area contributed by atoms with Gasteiger partial charge in [-0.3, -0.25) is 9.59 Å². The highest BCUT2D eigenvalue weighted by Gasteiger charge is 2.55. The average Bonchev–Trinajstić information content (AvgIpc) is 4.07. The zero-order valence-corrected chi connectivity index (χ0v) is 36.2. The number of nitrogens with zero attached hydrogens (tertiary/aromatic N) is 2. The van der Waals surface area contributed by atoms with Crippen molar-refractivity contribution in [3.8, 4) is 45.9 Å². The van der Waals surface area contributed by atoms with Gasteiger partial charge in [-0.1, -0.05) is 25.1 Å². The lowest BCUT2D eigenvalue weighted by atomic mass is 9.66. The first-order chi connectivity index (χ1) is 32.5. The molecule has 17 heteroatoms. The minimum Gasteiger partial charge on any atom is -0.502 e. The minimum absolute atomic E-state index is 0.0241. The number of aromatic hydroxyl groups is 1. The van der Waals surface area contributed by atoms with E-state index in [9.17, 15) is 29.1 Å². The van der Waals surface area contributed by atoms with Crippen LogP contribution >= 0.6 is 0 Å². The molecule has 0 amide bonds. The van der Waals surface area contributed by atoms with Crippen LogP contribution in [0.5, 0.6) is 34.5 Å². The number of pyridine rings is 2. The fourth-order valence-electron chi connectivity index (χ4n) is 10.1. The lowest BCUT2D eigenvalue weighted by molar-refractivity contribution is -0.190. The van der Waals surface area contributed by atoms with Gasteiger partial charge < -0.3 is 52.3 Å². The number of methoxy groups -OCH3 is 2. The summed E-state index contributed by atoms with van der Waals surface area (Å²) in [5, 5.41) is 11.6. The number of rotatable bonds is 10. The number of para-hydroxylation sites is 1. The van der Waals surface area contributed by atoms with Gasteiger partial charge in [-0.15, -0.1) is 0 Å². The Hall–Kier alpha value is -8.08. The molecular formula is C50H40N2O15. The molecule has 6 heterocycles. The molecule has 17 nitrogen and oxygen atoms in total. The first kappa shape index (κ1) is 41.6. The van der Waals surface area contributed by atoms with E-state index in [1.165, 1.54) is 38.5 Å². The van der Waals surface area contributed by atoms with E-state index < -0.39 is 59.9 Å². The number of aromatic nitrogens is 2. The molecule has 4 aromatic carbocycles. The Labute approximate surface area is 380 Å². The van der Waals surface area contributed by atoms with Gasteiger partial charge in [0.05, 0.1) is 61.3 Å². The van der Waals surface area contributed by atoms with Gasteiger partial charge in [-0.2, -0.15) is 0 Å². The zero-order valence-electron chi connectivity index (χ0n) is 36.2. The molecule has 1 aliphatic carbocycles. The second kappa shape index (κ2) is 15.8. The van der Waals surface area contributed by atoms with Gasteiger partial charge >= 0.3 is 23.9 Å². The summed E-state index contributed by atoms with van der Waals surface area (Å²) in [6.45, 7) is 0.990. The van der Waals surface area contributed by atoms with Crippen LogP contribution in [-0.2, 0) is 52.1 Å². The highest BCUT2D eigenvalue weighted by atomic mass is 16.7. The fourth-order valence-corrected chi connectivity index (χ4v) is 10.1. The van der Waals surface area contributed by atoms with Crippen LogP contribution < -0.4 is 29.2 Å². The van der Waals surface area contributed by atoms with Gasteiger partial charge in [-0.05, 0) is 84.3 Å². The van der Waals surface area contributed by atoms with E-state index in [1.807, 2.05) is 30.3 Å². The average molecular weight is 909 g/mol. The van der Waals surface area contributed by atoms with Crippen molar-refractivity contribution in [1.82, 2.24) is 9.55 Å². The largest absolute Gasteiger partial charge is 0.502 e. The number of ether oxygens (including phenoxy) is 9. The lowest BCUT2D eigenvalue weighted by Crippen LogP contribution is -2.48. The summed E-state index contributed by atoms with van der Waals surface area (Å²) < 4.78 is 53.0. The van der Waals surface area contributed by atoms with Crippen LogP contribution in [0.3, 0.4) is 0 Å². The third-order valence-corrected chi connectivity index (χ3v) is 13.3. The van der Waals surface area contributed by atoms with Crippen molar-refractivity contribution in [2.24, 2.45) is 11.8 Å². The number of carbonyl (C=O) groups excluding carboxylic acids is 4. The Morgan fingerprint density at radius 3 is 2.34 bits per heavy atom. The number of benzene rings is 4. The topological polar surface area (TPSA) is 206 Å². The fraction of sp³-hybridized carbons (Fsp3) is 0.280. The summed E-state index contributed by atoms with van der Waals surface area (Å²) in [7, 11) is 2.82. The van der Waals surface area contributed by atoms with Crippen molar-refractivity contribution < 1.29 is 66.9 Å². The van der Waals surface area contributed by atoms with Crippen molar-refractivity contribution in [2.45, 2.75) is 44.1 Å². The third-order valence-electron chi connectivity index (χ3n) is 13.3. The molecule has 6 aromatic rings. The molecule has 340 valence electrons. The highest BCUT2D eigenvalue weighted by Crippen LogP contribution is 2.56. The zero-order chi connectivity index (χ0) is 46.3. The van der Waals surface area contributed by atoms with E-state index in [0.29, 0.717) is 46.1 Å². The van der Waals surface area contributed by atoms with Crippen LogP contribution in [0, 0.1) is 11.8 Å². The maximum absolute atomic E-state index is 14.0. The molecule has 0 radical (unpaired) electrons. The maximum Gasteiger partial charge on any atom is 0.355 e. The molecule has 5 aliphatic rings. The lowest BCUT2D eigenvalue weighted by Gasteiger charge is -2.38. The van der Waals surface area contributed by atoms with Crippen molar-refractivity contribution in [3.05, 3.63) is 134 Å². The smallest absolute Gasteiger partial charge is 0.355 e. The summed E-state index contributed by atoms with van der Waals surface area (Å²) in [6.07, 6.45) is -0.984. The van der Waals surface area contributed by atoms with Gasteiger partial charge in [0.2, 0.25) is 18.1 Å². The van der Waals surface area contributed by atoms with Crippen molar-refractivity contribution in [2.75, 3.05) is 34.2 Å². The highest BCUT2D eigenvalue weighted by molar-refractivity contribution is 5.91. The summed E-state index contributed by atoms with van der Waals surface area (Å²) in [4.78, 5) is 73.4. The molecule has 0 saturated carbocycles. The molecule has 4 aliphatic heterocycles. The molecule has 1 unspecified atom stereocenters. The molecule has 5 atom stereocenters. The van der Waals surface area contributed by atoms with Crippen LogP contribution in [0.4, 0.5) is 0 Å². The van der Waals surface area contributed by atoms with Gasteiger partial charge in [0.15, 0.2) is 29.6 Å². The number of carbonyl (C=O) groups is 4. The van der Waals surface area contributed by atoms with Gasteiger partial charge in [0.25, 0.3) is 5.56 Å². The predicted octanol–water partition coefficient (Wildman–Crippen LogP) is 5.99. The monoisotopic (exact) mass is 908 g/mol. The van der Waals surface area contributed by atoms with Crippen molar-refractivity contribution in [1.29, 1.82) is 0 Å². The summed E-state index contributed by atoms with van der Waals surface area (Å²) in [5.41, 5.74) is 2.80. The Kier molecular flexibility index (Phi) is 9.82. The molecule has 1 N–H and O–H groups in total. The van der Waals surface area contributed by atoms with Crippen LogP contribution in [-0.4, -0.2) is 72.8 Å². The molecule has 2 aromatic heterocycles. The van der Waals surface area contributed by atoms with Crippen LogP contribution in [0.25, 0.3) is 22.3 Å². The Balaban J connectivity index is 0.824. The van der Waals surface area contributed by atoms with E-state index in [4.69, 9.17) is 47.6 Å². The first-order valence-corrected chi connectivity index (χ1v) is 21.5. The molecule has 0 bridgehead atoms. The van der Waals surface area contributed by atoms with Crippen molar-refractivity contribution >= 4 is 34.8 Å². The summed E-state index contributed by atoms with van der Waals surface area (Å²) in [5.74, 6) is -3.83. The summed E-state index contributed by atoms with van der Waals surface area (Å²) >= 11 is 0. The third kappa shape index (κ3) is 6.58. The Bertz CT molecular complexity index is 3140. The number of fused-ring (bicyclic) bond motifs is 8. The number of hydrogen-bond donors (Lipinski definition) is 1. The van der Waals surface area contributed by atoms with Crippen LogP contribution in [0.2, 0.25) is 0 Å². The van der Waals surface area contributed by atoms with Gasteiger partial charge in [0.1, 0.15) is 18.5 Å². The predicted molar refractivity (Wildman–Crippen MR) is 232 cm³/mol. The normalized spacial score (nSPS) is 21.5. The second-order valence-electron chi connectivity index (χ2n) is 16.8. The van der Waals surface area contributed by atoms with Crippen LogP contribution in [0.1, 0.15) is 69.1 Å². The molecule has 0 spiro atoms. The first-order valence-electron chi connectivity index (χ1n) is 21.5. The molecule has 67 heavy (non-hydrogen) atoms. The second-order valence-corrected chi connectivity index (χ2v) is 16.8. The molecule has 1 saturated heterocycles. The van der Waals surface area contributed by atoms with E-state index in [1.54, 1.807) is 41.8 Å². The standard InChI is InChI=1S/C50H40N2O15/c1-4-50(33-18-35-43-27(13-25-7-5-6-8-34(25)51-43)19-52(35)46(55)31(33)20-63-49(50)58)67-40(53)22-61-28-11-9-24(10-12-28)47(56)66-45-30-17-37-36(64-23-65-37)16-29(30)41(42-32(45)21-62-48(42)57)26-14-38(59-2)44(54)39(15-26)60-3/h5-18,32,41-42,45,54H,4,19-23H2,1-3H3/t32?,41-,42+,45+,50+/m1/s1. The number of esters is 4. The van der Waals surface area contributed by atoms with E-state index in [0.717, 1.165) is 16.5 Å². The molecule has 11 rings (SSSR count). The quantitative estimate of drug-likeness (QED) is 0.123. The SMILES string of the molecule is CC[C@@]1(OC(=O)COc2ccc(C(=O)O[C@H]3c4cc5c(cc4[C@@H](c4cc(OC)c(O)c(OC)c4)[C@H]4C(=O)OCC34)OCO5)cc2)C(=O)OCc2c1cc1n(c2=O)Cc2cc3ccccc3nc2-1. The Morgan fingerprint density at radius 2 is 1.61 bits per heavy atom. The van der Waals surface area contributed by atoms with Gasteiger partial charge in [0, 0.05) is 33.9 Å². The number of cyclic esters (lactones) is 2. The Morgan fingerprint density at radius 1 is 0.881 bits per heavy atom. The van der Waals surface area contributed by atoms with Gasteiger partial charge in [-0.25, -0.2) is 19.4 Å². The van der Waals surface area contributed by atoms with E-state index in [-0.39, 0.29) is 71.7 Å². The minimum atomic E-state index is -1.93. The van der Waals surface area contributed by atoms with Crippen LogP contribution in [0.15, 0.2) is 89.7 Å². The molecule has 1 fully saturated rings. The summed E-state index contributed by atoms with van der Waals surface area (Å²) in [6, 6.07) is 23.9. The van der Waals surface area contributed by atoms with Crippen molar-refractivity contribution in [3.63, 3.8) is 0 Å². The number of hydrogen-bond acceptors (Lipinski definition) is 16. The number of phenols is 1. The van der Waals surface area contributed by atoms with E-state index >= 15 is 0 Å². The maximum atomic E-state index is 14.0.